The van der Waals surface area contributed by atoms with Gasteiger partial charge in [-0.1, -0.05) is 67.2 Å². The number of rotatable bonds is 3. The summed E-state index contributed by atoms with van der Waals surface area (Å²) < 4.78 is 0. The van der Waals surface area contributed by atoms with Crippen LogP contribution in [0.3, 0.4) is 0 Å². The fourth-order valence-corrected chi connectivity index (χ4v) is 5.89. The fraction of sp³-hybridized carbons (Fsp3) is 0.280. The van der Waals surface area contributed by atoms with Gasteiger partial charge >= 0.3 is 0 Å². The van der Waals surface area contributed by atoms with E-state index < -0.39 is 0 Å². The zero-order valence-electron chi connectivity index (χ0n) is 16.5. The Hall–Kier alpha value is -2.12. The molecule has 0 aliphatic heterocycles. The normalized spacial score (nSPS) is 18.0. The van der Waals surface area contributed by atoms with E-state index in [0.29, 0.717) is 5.92 Å². The lowest BCUT2D eigenvalue weighted by Gasteiger charge is -2.23. The number of hydrogen-bond donors (Lipinski definition) is 0. The van der Waals surface area contributed by atoms with Gasteiger partial charge in [-0.2, -0.15) is 0 Å². The van der Waals surface area contributed by atoms with Crippen molar-refractivity contribution in [1.29, 1.82) is 0 Å². The monoisotopic (exact) mass is 355 g/mol. The van der Waals surface area contributed by atoms with Crippen LogP contribution in [0.5, 0.6) is 0 Å². The van der Waals surface area contributed by atoms with Gasteiger partial charge in [0, 0.05) is 14.7 Å². The standard InChI is InChI=1S/C25H27Si/c1-16-17(2)23(15-26(4)5)24(18(16)3)25-21-12-8-6-10-19(21)14-20-11-7-9-13-22(20)25/h6-14,23H,15H2,1-5H3. The summed E-state index contributed by atoms with van der Waals surface area (Å²) >= 11 is 0. The van der Waals surface area contributed by atoms with Gasteiger partial charge < -0.3 is 0 Å². The van der Waals surface area contributed by atoms with E-state index >= 15 is 0 Å². The van der Waals surface area contributed by atoms with Crippen LogP contribution in [0.4, 0.5) is 0 Å². The van der Waals surface area contributed by atoms with E-state index in [9.17, 15) is 0 Å². The first-order valence-corrected chi connectivity index (χ1v) is 12.3. The van der Waals surface area contributed by atoms with Crippen LogP contribution in [0.2, 0.25) is 19.1 Å². The first kappa shape index (κ1) is 17.3. The quantitative estimate of drug-likeness (QED) is 0.337. The van der Waals surface area contributed by atoms with Gasteiger partial charge in [-0.05, 0) is 76.7 Å². The third-order valence-electron chi connectivity index (χ3n) is 6.08. The molecular formula is C25H27Si. The highest BCUT2D eigenvalue weighted by Crippen LogP contribution is 2.48. The van der Waals surface area contributed by atoms with Gasteiger partial charge in [0.05, 0.1) is 0 Å². The Morgan fingerprint density at radius 2 is 1.31 bits per heavy atom. The summed E-state index contributed by atoms with van der Waals surface area (Å²) in [6, 6.07) is 21.5. The number of fused-ring (bicyclic) bond motifs is 2. The second-order valence-corrected chi connectivity index (χ2v) is 10.8. The second-order valence-electron chi connectivity index (χ2n) is 8.00. The lowest BCUT2D eigenvalue weighted by Crippen LogP contribution is -2.11. The summed E-state index contributed by atoms with van der Waals surface area (Å²) in [6.45, 7) is 11.9. The third kappa shape index (κ3) is 2.66. The second kappa shape index (κ2) is 6.55. The minimum Gasteiger partial charge on any atom is -0.0712 e. The van der Waals surface area contributed by atoms with Crippen molar-refractivity contribution < 1.29 is 0 Å². The molecule has 0 bridgehead atoms. The van der Waals surface area contributed by atoms with Crippen LogP contribution >= 0.6 is 0 Å². The Kier molecular flexibility index (Phi) is 4.36. The van der Waals surface area contributed by atoms with E-state index in [1.807, 2.05) is 0 Å². The molecule has 0 saturated heterocycles. The topological polar surface area (TPSA) is 0 Å². The number of hydrogen-bond acceptors (Lipinski definition) is 0. The molecule has 4 rings (SSSR count). The molecule has 131 valence electrons. The SMILES string of the molecule is CC1=C(C)C(C[Si](C)C)C(c2c3ccccc3cc3ccccc23)=C1C. The van der Waals surface area contributed by atoms with Crippen LogP contribution in [0, 0.1) is 5.92 Å². The lowest BCUT2D eigenvalue weighted by atomic mass is 9.85. The van der Waals surface area contributed by atoms with Crippen molar-refractivity contribution in [3.63, 3.8) is 0 Å². The fourth-order valence-electron chi connectivity index (χ4n) is 4.57. The maximum Gasteiger partial charge on any atom is 0.0422 e. The largest absolute Gasteiger partial charge is 0.0712 e. The smallest absolute Gasteiger partial charge is 0.0422 e. The van der Waals surface area contributed by atoms with Crippen molar-refractivity contribution in [2.45, 2.75) is 39.9 Å². The Morgan fingerprint density at radius 3 is 1.85 bits per heavy atom. The molecule has 1 aliphatic carbocycles. The molecule has 1 unspecified atom stereocenters. The lowest BCUT2D eigenvalue weighted by molar-refractivity contribution is 0.882. The minimum absolute atomic E-state index is 0.310. The summed E-state index contributed by atoms with van der Waals surface area (Å²) in [5.41, 5.74) is 7.64. The summed E-state index contributed by atoms with van der Waals surface area (Å²) in [5, 5.41) is 5.49. The number of benzene rings is 3. The summed E-state index contributed by atoms with van der Waals surface area (Å²) in [7, 11) is -0.310. The summed E-state index contributed by atoms with van der Waals surface area (Å²) in [4.78, 5) is 0. The molecule has 3 aromatic rings. The molecule has 1 atom stereocenters. The zero-order chi connectivity index (χ0) is 18.4. The van der Waals surface area contributed by atoms with Crippen LogP contribution in [0.25, 0.3) is 27.1 Å². The van der Waals surface area contributed by atoms with Crippen LogP contribution in [0.1, 0.15) is 26.3 Å². The molecule has 1 radical (unpaired) electrons. The molecule has 1 heteroatoms. The molecule has 26 heavy (non-hydrogen) atoms. The van der Waals surface area contributed by atoms with E-state index in [0.717, 1.165) is 0 Å². The van der Waals surface area contributed by atoms with Crippen LogP contribution in [-0.4, -0.2) is 8.80 Å². The average Bonchev–Trinajstić information content (AvgIpc) is 2.83. The van der Waals surface area contributed by atoms with E-state index in [1.54, 1.807) is 11.1 Å². The molecule has 0 amide bonds. The van der Waals surface area contributed by atoms with Gasteiger partial charge in [-0.25, -0.2) is 0 Å². The predicted molar refractivity (Wildman–Crippen MR) is 118 cm³/mol. The molecule has 0 nitrogen and oxygen atoms in total. The van der Waals surface area contributed by atoms with Crippen molar-refractivity contribution in [2.24, 2.45) is 5.92 Å². The van der Waals surface area contributed by atoms with Gasteiger partial charge in [0.1, 0.15) is 0 Å². The molecular weight excluding hydrogens is 328 g/mol. The van der Waals surface area contributed by atoms with Crippen molar-refractivity contribution in [3.8, 4) is 0 Å². The van der Waals surface area contributed by atoms with Gasteiger partial charge in [-0.15, -0.1) is 0 Å². The van der Waals surface area contributed by atoms with E-state index in [2.05, 4.69) is 88.5 Å². The van der Waals surface area contributed by atoms with Crippen molar-refractivity contribution in [3.05, 3.63) is 76.9 Å². The Labute approximate surface area is 158 Å². The van der Waals surface area contributed by atoms with Crippen molar-refractivity contribution >= 4 is 35.9 Å². The highest BCUT2D eigenvalue weighted by atomic mass is 28.3. The van der Waals surface area contributed by atoms with E-state index in [-0.39, 0.29) is 8.80 Å². The van der Waals surface area contributed by atoms with Crippen LogP contribution in [0.15, 0.2) is 71.3 Å². The van der Waals surface area contributed by atoms with Crippen molar-refractivity contribution in [1.82, 2.24) is 0 Å². The molecule has 0 spiro atoms. The average molecular weight is 356 g/mol. The highest BCUT2D eigenvalue weighted by molar-refractivity contribution is 6.56. The molecule has 0 fully saturated rings. The zero-order valence-corrected chi connectivity index (χ0v) is 17.5. The Morgan fingerprint density at radius 1 is 0.769 bits per heavy atom. The molecule has 0 aromatic heterocycles. The van der Waals surface area contributed by atoms with Crippen LogP contribution in [-0.2, 0) is 0 Å². The van der Waals surface area contributed by atoms with Gasteiger partial charge in [0.15, 0.2) is 0 Å². The molecule has 1 aliphatic rings. The first-order chi connectivity index (χ1) is 12.5. The minimum atomic E-state index is -0.310. The molecule has 0 heterocycles. The van der Waals surface area contributed by atoms with Crippen molar-refractivity contribution in [2.75, 3.05) is 0 Å². The van der Waals surface area contributed by atoms with E-state index in [4.69, 9.17) is 0 Å². The maximum atomic E-state index is 2.44. The first-order valence-electron chi connectivity index (χ1n) is 9.57. The van der Waals surface area contributed by atoms with Gasteiger partial charge in [0.25, 0.3) is 0 Å². The third-order valence-corrected chi connectivity index (χ3v) is 7.31. The highest BCUT2D eigenvalue weighted by Gasteiger charge is 2.30. The van der Waals surface area contributed by atoms with Crippen LogP contribution < -0.4 is 0 Å². The number of allylic oxidation sites excluding steroid dienone is 4. The molecule has 0 saturated carbocycles. The molecule has 3 aromatic carbocycles. The summed E-state index contributed by atoms with van der Waals surface area (Å²) in [5.74, 6) is 0.577. The van der Waals surface area contributed by atoms with E-state index in [1.165, 1.54) is 44.3 Å². The Bertz CT molecular complexity index is 1010. The maximum absolute atomic E-state index is 2.44. The molecule has 0 N–H and O–H groups in total. The summed E-state index contributed by atoms with van der Waals surface area (Å²) in [6.07, 6.45) is 0. The van der Waals surface area contributed by atoms with Gasteiger partial charge in [-0.3, -0.25) is 0 Å². The van der Waals surface area contributed by atoms with Gasteiger partial charge in [0.2, 0.25) is 0 Å². The Balaban J connectivity index is 2.09. The predicted octanol–water partition coefficient (Wildman–Crippen LogP) is 7.49.